The first-order valence-electron chi connectivity index (χ1n) is 7.76. The first kappa shape index (κ1) is 17.0. The van der Waals surface area contributed by atoms with Gasteiger partial charge in [-0.2, -0.15) is 11.8 Å². The van der Waals surface area contributed by atoms with Crippen molar-refractivity contribution in [3.8, 4) is 0 Å². The van der Waals surface area contributed by atoms with Gasteiger partial charge in [0.05, 0.1) is 16.8 Å². The number of fused-ring (bicyclic) bond motifs is 1. The van der Waals surface area contributed by atoms with Crippen LogP contribution >= 0.6 is 11.8 Å². The van der Waals surface area contributed by atoms with Crippen LogP contribution in [0.4, 0.5) is 0 Å². The molecule has 6 nitrogen and oxygen atoms in total. The molecule has 0 fully saturated rings. The van der Waals surface area contributed by atoms with Crippen LogP contribution in [0.2, 0.25) is 0 Å². The van der Waals surface area contributed by atoms with Crippen LogP contribution in [0.25, 0.3) is 11.0 Å². The lowest BCUT2D eigenvalue weighted by atomic mass is 10.2. The van der Waals surface area contributed by atoms with E-state index in [1.54, 1.807) is 36.0 Å². The van der Waals surface area contributed by atoms with E-state index in [9.17, 15) is 9.59 Å². The van der Waals surface area contributed by atoms with Gasteiger partial charge in [0.2, 0.25) is 0 Å². The van der Waals surface area contributed by atoms with Gasteiger partial charge in [-0.15, -0.1) is 0 Å². The zero-order valence-electron chi connectivity index (χ0n) is 13.7. The number of carbonyl (C=O) groups excluding carboxylic acids is 2. The van der Waals surface area contributed by atoms with Gasteiger partial charge in [0.1, 0.15) is 12.4 Å². The van der Waals surface area contributed by atoms with Crippen LogP contribution in [-0.2, 0) is 17.1 Å². The summed E-state index contributed by atoms with van der Waals surface area (Å²) in [6, 6.07) is 16.4. The van der Waals surface area contributed by atoms with Gasteiger partial charge in [0, 0.05) is 5.56 Å². The molecule has 7 heteroatoms. The minimum Gasteiger partial charge on any atom is -0.318 e. The highest BCUT2D eigenvalue weighted by atomic mass is 32.2. The predicted molar refractivity (Wildman–Crippen MR) is 99.0 cm³/mol. The van der Waals surface area contributed by atoms with Crippen molar-refractivity contribution in [1.82, 2.24) is 20.4 Å². The Labute approximate surface area is 149 Å². The summed E-state index contributed by atoms with van der Waals surface area (Å²) >= 11 is 1.64. The first-order chi connectivity index (χ1) is 12.2. The Hall–Kier alpha value is -2.80. The molecule has 0 spiro atoms. The van der Waals surface area contributed by atoms with Gasteiger partial charge < -0.3 is 4.57 Å². The number of aromatic nitrogens is 2. The third-order valence-corrected chi connectivity index (χ3v) is 4.21. The Balaban J connectivity index is 1.69. The number of imidazole rings is 1. The first-order valence-corrected chi connectivity index (χ1v) is 9.15. The summed E-state index contributed by atoms with van der Waals surface area (Å²) < 4.78 is 1.87. The van der Waals surface area contributed by atoms with Crippen LogP contribution < -0.4 is 10.9 Å². The normalized spacial score (nSPS) is 10.6. The smallest absolute Gasteiger partial charge is 0.269 e. The average Bonchev–Trinajstić information content (AvgIpc) is 2.98. The predicted octanol–water partition coefficient (Wildman–Crippen LogP) is 2.36. The van der Waals surface area contributed by atoms with Crippen LogP contribution in [-0.4, -0.2) is 27.6 Å². The molecule has 25 heavy (non-hydrogen) atoms. The largest absolute Gasteiger partial charge is 0.318 e. The van der Waals surface area contributed by atoms with E-state index in [2.05, 4.69) is 15.8 Å². The van der Waals surface area contributed by atoms with Crippen molar-refractivity contribution in [1.29, 1.82) is 0 Å². The van der Waals surface area contributed by atoms with Gasteiger partial charge in [-0.1, -0.05) is 30.3 Å². The van der Waals surface area contributed by atoms with E-state index in [1.165, 1.54) is 0 Å². The Morgan fingerprint density at radius 2 is 1.76 bits per heavy atom. The van der Waals surface area contributed by atoms with Crippen molar-refractivity contribution in [2.45, 2.75) is 12.3 Å². The van der Waals surface area contributed by atoms with Gasteiger partial charge in [0.25, 0.3) is 11.8 Å². The van der Waals surface area contributed by atoms with Crippen molar-refractivity contribution < 1.29 is 9.59 Å². The number of nitrogens with one attached hydrogen (secondary N) is 2. The zero-order valence-corrected chi connectivity index (χ0v) is 14.5. The van der Waals surface area contributed by atoms with E-state index in [0.29, 0.717) is 11.3 Å². The molecule has 0 saturated carbocycles. The maximum Gasteiger partial charge on any atom is 0.269 e. The average molecular weight is 354 g/mol. The van der Waals surface area contributed by atoms with Crippen molar-refractivity contribution in [2.75, 3.05) is 6.26 Å². The molecule has 0 unspecified atom stereocenters. The van der Waals surface area contributed by atoms with Crippen molar-refractivity contribution >= 4 is 34.6 Å². The van der Waals surface area contributed by atoms with Crippen LogP contribution in [0.3, 0.4) is 0 Å². The van der Waals surface area contributed by atoms with E-state index in [1.807, 2.05) is 41.2 Å². The molecule has 3 aromatic rings. The second-order valence-electron chi connectivity index (χ2n) is 5.40. The number of nitrogens with zero attached hydrogens (tertiary/aromatic N) is 2. The lowest BCUT2D eigenvalue weighted by Crippen LogP contribution is -2.43. The minimum absolute atomic E-state index is 0.0888. The number of para-hydroxylation sites is 2. The van der Waals surface area contributed by atoms with E-state index in [0.717, 1.165) is 16.9 Å². The molecule has 0 atom stereocenters. The summed E-state index contributed by atoms with van der Waals surface area (Å²) in [5.41, 5.74) is 7.13. The molecule has 1 aromatic heterocycles. The van der Waals surface area contributed by atoms with E-state index < -0.39 is 0 Å². The molecular formula is C18H18N4O2S. The van der Waals surface area contributed by atoms with Crippen LogP contribution in [0, 0.1) is 0 Å². The topological polar surface area (TPSA) is 76.0 Å². The summed E-state index contributed by atoms with van der Waals surface area (Å²) in [5.74, 6) is 0.875. The Morgan fingerprint density at radius 3 is 2.52 bits per heavy atom. The van der Waals surface area contributed by atoms with E-state index in [-0.39, 0.29) is 18.4 Å². The fourth-order valence-corrected chi connectivity index (χ4v) is 2.99. The van der Waals surface area contributed by atoms with Gasteiger partial charge in [-0.3, -0.25) is 20.4 Å². The number of rotatable bonds is 5. The molecular weight excluding hydrogens is 336 g/mol. The molecule has 0 aliphatic rings. The monoisotopic (exact) mass is 354 g/mol. The maximum atomic E-state index is 12.3. The second kappa shape index (κ2) is 7.85. The Morgan fingerprint density at radius 1 is 1.04 bits per heavy atom. The minimum atomic E-state index is -0.353. The molecule has 0 saturated heterocycles. The van der Waals surface area contributed by atoms with Crippen molar-refractivity contribution in [2.24, 2.45) is 0 Å². The van der Waals surface area contributed by atoms with Crippen LogP contribution in [0.5, 0.6) is 0 Å². The fraction of sp³-hybridized carbons (Fsp3) is 0.167. The molecule has 2 N–H and O–H groups in total. The number of benzene rings is 2. The summed E-state index contributed by atoms with van der Waals surface area (Å²) in [4.78, 5) is 28.8. The molecule has 0 aliphatic carbocycles. The number of amides is 2. The molecule has 0 aliphatic heterocycles. The summed E-state index contributed by atoms with van der Waals surface area (Å²) in [7, 11) is 0. The maximum absolute atomic E-state index is 12.3. The molecule has 3 rings (SSSR count). The van der Waals surface area contributed by atoms with Crippen molar-refractivity contribution in [3.05, 3.63) is 66.0 Å². The van der Waals surface area contributed by atoms with Crippen LogP contribution in [0.15, 0.2) is 54.6 Å². The SMILES string of the molecule is CSCc1nc2ccccc2n1CC(=O)NNC(=O)c1ccccc1. The number of hydrazine groups is 1. The lowest BCUT2D eigenvalue weighted by Gasteiger charge is -2.10. The molecule has 0 radical (unpaired) electrons. The zero-order chi connectivity index (χ0) is 17.6. The van der Waals surface area contributed by atoms with Gasteiger partial charge >= 0.3 is 0 Å². The summed E-state index contributed by atoms with van der Waals surface area (Å²) in [6.45, 7) is 0.0888. The number of carbonyl (C=O) groups is 2. The highest BCUT2D eigenvalue weighted by Gasteiger charge is 2.14. The highest BCUT2D eigenvalue weighted by molar-refractivity contribution is 7.97. The van der Waals surface area contributed by atoms with Crippen LogP contribution in [0.1, 0.15) is 16.2 Å². The number of thioether (sulfide) groups is 1. The molecule has 2 aromatic carbocycles. The number of hydrogen-bond donors (Lipinski definition) is 2. The molecule has 0 bridgehead atoms. The third kappa shape index (κ3) is 4.00. The van der Waals surface area contributed by atoms with Gasteiger partial charge in [0.15, 0.2) is 0 Å². The molecule has 1 heterocycles. The third-order valence-electron chi connectivity index (χ3n) is 3.66. The standard InChI is InChI=1S/C18H18N4O2S/c1-25-12-16-19-14-9-5-6-10-15(14)22(16)11-17(23)20-21-18(24)13-7-3-2-4-8-13/h2-10H,11-12H2,1H3,(H,20,23)(H,21,24). The Bertz CT molecular complexity index is 892. The van der Waals surface area contributed by atoms with Gasteiger partial charge in [-0.25, -0.2) is 4.98 Å². The summed E-state index contributed by atoms with van der Waals surface area (Å²) in [6.07, 6.45) is 1.99. The highest BCUT2D eigenvalue weighted by Crippen LogP contribution is 2.18. The lowest BCUT2D eigenvalue weighted by molar-refractivity contribution is -0.122. The number of hydrogen-bond acceptors (Lipinski definition) is 4. The van der Waals surface area contributed by atoms with Crippen molar-refractivity contribution in [3.63, 3.8) is 0 Å². The second-order valence-corrected chi connectivity index (χ2v) is 6.27. The molecule has 2 amide bonds. The quantitative estimate of drug-likeness (QED) is 0.690. The fourth-order valence-electron chi connectivity index (χ4n) is 2.51. The van der Waals surface area contributed by atoms with Gasteiger partial charge in [-0.05, 0) is 30.5 Å². The van der Waals surface area contributed by atoms with E-state index in [4.69, 9.17) is 0 Å². The molecule has 128 valence electrons. The Kier molecular flexibility index (Phi) is 5.35. The summed E-state index contributed by atoms with van der Waals surface area (Å²) in [5, 5.41) is 0. The van der Waals surface area contributed by atoms with E-state index >= 15 is 0 Å².